The molecule has 0 radical (unpaired) electrons. The second-order valence-corrected chi connectivity index (χ2v) is 10.9. The summed E-state index contributed by atoms with van der Waals surface area (Å²) in [6, 6.07) is 14.7. The smallest absolute Gasteiger partial charge is 0.253 e. The number of H-pyrrole nitrogens is 1. The fraction of sp³-hybridized carbons (Fsp3) is 0.375. The standard InChI is InChI=1S/C32H40N4O2/c1-8-9-24-14-21(4)34-32(38)28(24)17-33-31(37)27-16-25(23-12-10-22(11-13-23)18-35(5)6)15-26-29(20(2)3)19-36(7)30(26)27/h10-16,19-20H,8-9,17-18H2,1-7H3,(H,33,37)(H,34,38). The van der Waals surface area contributed by atoms with E-state index in [1.54, 1.807) is 0 Å². The van der Waals surface area contributed by atoms with Crippen molar-refractivity contribution in [3.8, 4) is 11.1 Å². The zero-order chi connectivity index (χ0) is 27.6. The highest BCUT2D eigenvalue weighted by Gasteiger charge is 2.20. The molecule has 4 aromatic rings. The molecule has 0 saturated heterocycles. The molecule has 0 spiro atoms. The van der Waals surface area contributed by atoms with Gasteiger partial charge in [0, 0.05) is 43.0 Å². The SMILES string of the molecule is CCCc1cc(C)[nH]c(=O)c1CNC(=O)c1cc(-c2ccc(CN(C)C)cc2)cc2c(C(C)C)cn(C)c12. The van der Waals surface area contributed by atoms with Crippen LogP contribution in [0.5, 0.6) is 0 Å². The Hall–Kier alpha value is -3.64. The quantitative estimate of drug-likeness (QED) is 0.293. The average Bonchev–Trinajstić information content (AvgIpc) is 3.19. The van der Waals surface area contributed by atoms with Gasteiger partial charge in [0.2, 0.25) is 0 Å². The Morgan fingerprint density at radius 1 is 1.08 bits per heavy atom. The van der Waals surface area contributed by atoms with Crippen LogP contribution in [0.1, 0.15) is 71.4 Å². The molecule has 0 atom stereocenters. The van der Waals surface area contributed by atoms with Gasteiger partial charge in [0.25, 0.3) is 11.5 Å². The first-order valence-corrected chi connectivity index (χ1v) is 13.5. The molecule has 1 amide bonds. The Labute approximate surface area is 225 Å². The first kappa shape index (κ1) is 27.4. The number of rotatable bonds is 9. The van der Waals surface area contributed by atoms with Gasteiger partial charge in [-0.3, -0.25) is 9.59 Å². The molecule has 0 fully saturated rings. The number of nitrogens with one attached hydrogen (secondary N) is 2. The predicted octanol–water partition coefficient (Wildman–Crippen LogP) is 5.91. The zero-order valence-electron chi connectivity index (χ0n) is 23.7. The lowest BCUT2D eigenvalue weighted by molar-refractivity contribution is 0.0952. The molecular formula is C32H40N4O2. The number of aromatic amines is 1. The van der Waals surface area contributed by atoms with Crippen molar-refractivity contribution >= 4 is 16.8 Å². The van der Waals surface area contributed by atoms with E-state index in [0.717, 1.165) is 52.7 Å². The number of hydrogen-bond donors (Lipinski definition) is 2. The van der Waals surface area contributed by atoms with Gasteiger partial charge in [-0.1, -0.05) is 51.5 Å². The molecule has 6 heteroatoms. The molecule has 0 aliphatic rings. The van der Waals surface area contributed by atoms with Crippen molar-refractivity contribution in [2.24, 2.45) is 7.05 Å². The number of aromatic nitrogens is 2. The van der Waals surface area contributed by atoms with Gasteiger partial charge in [-0.2, -0.15) is 0 Å². The third-order valence-corrected chi connectivity index (χ3v) is 7.07. The molecule has 4 rings (SSSR count). The summed E-state index contributed by atoms with van der Waals surface area (Å²) in [4.78, 5) is 31.5. The van der Waals surface area contributed by atoms with E-state index in [0.29, 0.717) is 17.0 Å². The maximum Gasteiger partial charge on any atom is 0.253 e. The van der Waals surface area contributed by atoms with Crippen molar-refractivity contribution < 1.29 is 4.79 Å². The second kappa shape index (κ2) is 11.4. The van der Waals surface area contributed by atoms with Crippen LogP contribution in [-0.2, 0) is 26.6 Å². The maximum absolute atomic E-state index is 13.7. The Balaban J connectivity index is 1.76. The second-order valence-electron chi connectivity index (χ2n) is 10.9. The molecule has 0 aliphatic carbocycles. The van der Waals surface area contributed by atoms with E-state index in [2.05, 4.69) is 86.6 Å². The number of fused-ring (bicyclic) bond motifs is 1. The van der Waals surface area contributed by atoms with Crippen LogP contribution in [0.3, 0.4) is 0 Å². The number of hydrogen-bond acceptors (Lipinski definition) is 3. The van der Waals surface area contributed by atoms with E-state index >= 15 is 0 Å². The zero-order valence-corrected chi connectivity index (χ0v) is 23.7. The monoisotopic (exact) mass is 512 g/mol. The highest BCUT2D eigenvalue weighted by molar-refractivity contribution is 6.08. The van der Waals surface area contributed by atoms with Gasteiger partial charge in [0.1, 0.15) is 0 Å². The number of carbonyl (C=O) groups excluding carboxylic acids is 1. The van der Waals surface area contributed by atoms with Crippen LogP contribution in [0.15, 0.2) is 53.5 Å². The van der Waals surface area contributed by atoms with Crippen molar-refractivity contribution in [3.05, 3.63) is 92.5 Å². The Bertz CT molecular complexity index is 1510. The van der Waals surface area contributed by atoms with Gasteiger partial charge in [0.05, 0.1) is 11.1 Å². The number of aryl methyl sites for hydroxylation is 3. The Morgan fingerprint density at radius 2 is 1.79 bits per heavy atom. The summed E-state index contributed by atoms with van der Waals surface area (Å²) in [5.74, 6) is 0.134. The van der Waals surface area contributed by atoms with Crippen molar-refractivity contribution in [3.63, 3.8) is 0 Å². The lowest BCUT2D eigenvalue weighted by atomic mass is 9.95. The largest absolute Gasteiger partial charge is 0.350 e. The topological polar surface area (TPSA) is 70.1 Å². The van der Waals surface area contributed by atoms with Crippen LogP contribution in [0.4, 0.5) is 0 Å². The van der Waals surface area contributed by atoms with E-state index in [9.17, 15) is 9.59 Å². The summed E-state index contributed by atoms with van der Waals surface area (Å²) >= 11 is 0. The van der Waals surface area contributed by atoms with E-state index in [-0.39, 0.29) is 18.0 Å². The van der Waals surface area contributed by atoms with E-state index in [4.69, 9.17) is 0 Å². The summed E-state index contributed by atoms with van der Waals surface area (Å²) in [6.07, 6.45) is 3.86. The first-order valence-electron chi connectivity index (χ1n) is 13.5. The predicted molar refractivity (Wildman–Crippen MR) is 157 cm³/mol. The highest BCUT2D eigenvalue weighted by Crippen LogP contribution is 2.34. The van der Waals surface area contributed by atoms with Crippen LogP contribution >= 0.6 is 0 Å². The average molecular weight is 513 g/mol. The highest BCUT2D eigenvalue weighted by atomic mass is 16.1. The minimum absolute atomic E-state index is 0.133. The van der Waals surface area contributed by atoms with Gasteiger partial charge in [-0.05, 0) is 79.4 Å². The van der Waals surface area contributed by atoms with Gasteiger partial charge in [-0.25, -0.2) is 0 Å². The van der Waals surface area contributed by atoms with Crippen LogP contribution in [-0.4, -0.2) is 34.5 Å². The molecule has 2 aromatic carbocycles. The van der Waals surface area contributed by atoms with E-state index in [1.807, 2.05) is 30.7 Å². The number of pyridine rings is 1. The summed E-state index contributed by atoms with van der Waals surface area (Å²) in [6.45, 7) is 9.40. The number of benzene rings is 2. The third-order valence-electron chi connectivity index (χ3n) is 7.07. The molecular weight excluding hydrogens is 472 g/mol. The minimum Gasteiger partial charge on any atom is -0.350 e. The van der Waals surface area contributed by atoms with Crippen LogP contribution in [0.2, 0.25) is 0 Å². The molecule has 0 saturated carbocycles. The van der Waals surface area contributed by atoms with Crippen molar-refractivity contribution in [2.75, 3.05) is 14.1 Å². The lowest BCUT2D eigenvalue weighted by Crippen LogP contribution is -2.28. The summed E-state index contributed by atoms with van der Waals surface area (Å²) in [7, 11) is 6.11. The van der Waals surface area contributed by atoms with Crippen molar-refractivity contribution in [2.45, 2.75) is 59.5 Å². The van der Waals surface area contributed by atoms with Crippen LogP contribution in [0, 0.1) is 6.92 Å². The molecule has 2 heterocycles. The number of amides is 1. The van der Waals surface area contributed by atoms with E-state index in [1.165, 1.54) is 11.1 Å². The Morgan fingerprint density at radius 3 is 2.42 bits per heavy atom. The van der Waals surface area contributed by atoms with Gasteiger partial charge in [-0.15, -0.1) is 0 Å². The first-order chi connectivity index (χ1) is 18.1. The molecule has 0 unspecified atom stereocenters. The molecule has 0 aliphatic heterocycles. The molecule has 2 N–H and O–H groups in total. The van der Waals surface area contributed by atoms with Gasteiger partial charge < -0.3 is 19.8 Å². The molecule has 2 aromatic heterocycles. The summed E-state index contributed by atoms with van der Waals surface area (Å²) in [5, 5.41) is 4.15. The van der Waals surface area contributed by atoms with Crippen molar-refractivity contribution in [1.82, 2.24) is 19.8 Å². The molecule has 6 nitrogen and oxygen atoms in total. The van der Waals surface area contributed by atoms with Crippen LogP contribution in [0.25, 0.3) is 22.0 Å². The fourth-order valence-electron chi connectivity index (χ4n) is 5.28. The fourth-order valence-corrected chi connectivity index (χ4v) is 5.28. The lowest BCUT2D eigenvalue weighted by Gasteiger charge is -2.14. The van der Waals surface area contributed by atoms with Crippen LogP contribution < -0.4 is 10.9 Å². The normalized spacial score (nSPS) is 11.6. The van der Waals surface area contributed by atoms with Gasteiger partial charge >= 0.3 is 0 Å². The molecule has 38 heavy (non-hydrogen) atoms. The maximum atomic E-state index is 13.7. The molecule has 200 valence electrons. The number of nitrogens with zero attached hydrogens (tertiary/aromatic N) is 2. The Kier molecular flexibility index (Phi) is 8.22. The van der Waals surface area contributed by atoms with E-state index < -0.39 is 0 Å². The summed E-state index contributed by atoms with van der Waals surface area (Å²) < 4.78 is 2.05. The van der Waals surface area contributed by atoms with Crippen molar-refractivity contribution in [1.29, 1.82) is 0 Å². The summed E-state index contributed by atoms with van der Waals surface area (Å²) in [5.41, 5.74) is 8.38. The third kappa shape index (κ3) is 5.76. The van der Waals surface area contributed by atoms with Gasteiger partial charge in [0.15, 0.2) is 0 Å². The molecule has 0 bridgehead atoms. The minimum atomic E-state index is -0.181. The number of carbonyl (C=O) groups is 1.